The topological polar surface area (TPSA) is 75.5 Å². The molecule has 0 spiro atoms. The zero-order chi connectivity index (χ0) is 14.5. The van der Waals surface area contributed by atoms with Crippen LogP contribution in [0.25, 0.3) is 0 Å². The highest BCUT2D eigenvalue weighted by Gasteiger charge is 2.15. The smallest absolute Gasteiger partial charge is 0.339 e. The van der Waals surface area contributed by atoms with Crippen LogP contribution in [0.1, 0.15) is 16.1 Å². The molecule has 0 aliphatic carbocycles. The largest absolute Gasteiger partial charge is 0.495 e. The molecule has 0 aliphatic heterocycles. The van der Waals surface area contributed by atoms with Crippen LogP contribution < -0.4 is 9.64 Å². The van der Waals surface area contributed by atoms with Gasteiger partial charge in [0.05, 0.1) is 25.0 Å². The van der Waals surface area contributed by atoms with Gasteiger partial charge in [-0.25, -0.2) is 14.8 Å². The lowest BCUT2D eigenvalue weighted by Gasteiger charge is -2.21. The lowest BCUT2D eigenvalue weighted by atomic mass is 10.2. The minimum absolute atomic E-state index is 0.106. The normalized spacial score (nSPS) is 10.1. The van der Waals surface area contributed by atoms with Gasteiger partial charge in [0.15, 0.2) is 0 Å². The zero-order valence-electron chi connectivity index (χ0n) is 11.3. The van der Waals surface area contributed by atoms with Gasteiger partial charge in [0.25, 0.3) is 0 Å². The number of hydrogen-bond acceptors (Lipinski definition) is 5. The van der Waals surface area contributed by atoms with Crippen molar-refractivity contribution in [1.82, 2.24) is 9.97 Å². The van der Waals surface area contributed by atoms with E-state index in [1.807, 2.05) is 36.2 Å². The zero-order valence-corrected chi connectivity index (χ0v) is 11.3. The van der Waals surface area contributed by atoms with Crippen molar-refractivity contribution < 1.29 is 14.6 Å². The Morgan fingerprint density at radius 2 is 2.15 bits per heavy atom. The number of ether oxygens (including phenoxy) is 1. The number of aromatic carboxylic acids is 1. The molecule has 0 saturated carbocycles. The maximum Gasteiger partial charge on any atom is 0.339 e. The van der Waals surface area contributed by atoms with Crippen molar-refractivity contribution >= 4 is 11.7 Å². The third kappa shape index (κ3) is 2.85. The summed E-state index contributed by atoms with van der Waals surface area (Å²) >= 11 is 0. The lowest BCUT2D eigenvalue weighted by molar-refractivity contribution is 0.0694. The second kappa shape index (κ2) is 6.01. The Morgan fingerprint density at radius 1 is 1.40 bits per heavy atom. The fourth-order valence-electron chi connectivity index (χ4n) is 1.91. The van der Waals surface area contributed by atoms with E-state index in [1.54, 1.807) is 7.11 Å². The number of rotatable bonds is 5. The molecular formula is C14H15N3O3. The van der Waals surface area contributed by atoms with E-state index in [0.29, 0.717) is 12.2 Å². The predicted molar refractivity (Wildman–Crippen MR) is 74.1 cm³/mol. The Labute approximate surface area is 116 Å². The number of carboxylic acid groups (broad SMARTS) is 1. The molecule has 1 heterocycles. The van der Waals surface area contributed by atoms with Gasteiger partial charge in [-0.1, -0.05) is 12.1 Å². The lowest BCUT2D eigenvalue weighted by Crippen LogP contribution is -2.20. The molecule has 0 aliphatic rings. The van der Waals surface area contributed by atoms with Crippen LogP contribution in [0.3, 0.4) is 0 Å². The second-order valence-electron chi connectivity index (χ2n) is 4.22. The molecule has 1 aromatic heterocycles. The molecule has 1 N–H and O–H groups in total. The van der Waals surface area contributed by atoms with Gasteiger partial charge in [0.2, 0.25) is 0 Å². The van der Waals surface area contributed by atoms with Gasteiger partial charge < -0.3 is 14.7 Å². The quantitative estimate of drug-likeness (QED) is 0.895. The highest BCUT2D eigenvalue weighted by atomic mass is 16.5. The fraction of sp³-hybridized carbons (Fsp3) is 0.214. The average Bonchev–Trinajstić information content (AvgIpc) is 2.47. The Kier molecular flexibility index (Phi) is 4.14. The summed E-state index contributed by atoms with van der Waals surface area (Å²) in [5, 5.41) is 9.13. The van der Waals surface area contributed by atoms with Crippen LogP contribution in [0, 0.1) is 0 Å². The van der Waals surface area contributed by atoms with E-state index in [4.69, 9.17) is 9.84 Å². The van der Waals surface area contributed by atoms with Crippen molar-refractivity contribution in [2.24, 2.45) is 0 Å². The summed E-state index contributed by atoms with van der Waals surface area (Å²) in [6.07, 6.45) is 2.65. The number of carboxylic acids is 1. The maximum absolute atomic E-state index is 11.1. The Hall–Kier alpha value is -2.63. The van der Waals surface area contributed by atoms with Crippen LogP contribution >= 0.6 is 0 Å². The van der Waals surface area contributed by atoms with Crippen LogP contribution in [-0.2, 0) is 6.54 Å². The highest BCUT2D eigenvalue weighted by molar-refractivity contribution is 5.88. The number of para-hydroxylation sites is 2. The summed E-state index contributed by atoms with van der Waals surface area (Å²) in [4.78, 5) is 20.8. The van der Waals surface area contributed by atoms with Crippen molar-refractivity contribution in [2.45, 2.75) is 6.54 Å². The van der Waals surface area contributed by atoms with Crippen molar-refractivity contribution in [2.75, 3.05) is 19.1 Å². The highest BCUT2D eigenvalue weighted by Crippen LogP contribution is 2.27. The number of hydrogen-bond donors (Lipinski definition) is 1. The first-order valence-corrected chi connectivity index (χ1v) is 5.99. The second-order valence-corrected chi connectivity index (χ2v) is 4.22. The van der Waals surface area contributed by atoms with Gasteiger partial charge >= 0.3 is 5.97 Å². The summed E-state index contributed by atoms with van der Waals surface area (Å²) in [5.41, 5.74) is 1.43. The molecule has 1 aromatic carbocycles. The standard InChI is InChI=1S/C14H15N3O3/c1-17(12-5-3-4-6-13(12)20-2)8-11-10(14(18)19)7-15-9-16-11/h3-7,9H,8H2,1-2H3,(H,18,19). The van der Waals surface area contributed by atoms with Gasteiger partial charge in [-0.05, 0) is 12.1 Å². The van der Waals surface area contributed by atoms with Crippen molar-refractivity contribution in [1.29, 1.82) is 0 Å². The summed E-state index contributed by atoms with van der Waals surface area (Å²) in [6, 6.07) is 7.53. The van der Waals surface area contributed by atoms with Crippen LogP contribution in [-0.4, -0.2) is 35.2 Å². The number of nitrogens with zero attached hydrogens (tertiary/aromatic N) is 3. The van der Waals surface area contributed by atoms with E-state index in [2.05, 4.69) is 9.97 Å². The molecule has 0 saturated heterocycles. The molecule has 0 bridgehead atoms. The minimum Gasteiger partial charge on any atom is -0.495 e. The van der Waals surface area contributed by atoms with Crippen LogP contribution in [0.15, 0.2) is 36.8 Å². The Morgan fingerprint density at radius 3 is 2.85 bits per heavy atom. The molecule has 20 heavy (non-hydrogen) atoms. The Balaban J connectivity index is 2.28. The molecule has 0 fully saturated rings. The van der Waals surface area contributed by atoms with E-state index in [-0.39, 0.29) is 5.56 Å². The SMILES string of the molecule is COc1ccccc1N(C)Cc1ncncc1C(=O)O. The van der Waals surface area contributed by atoms with Crippen LogP contribution in [0.4, 0.5) is 5.69 Å². The summed E-state index contributed by atoms with van der Waals surface area (Å²) < 4.78 is 5.29. The molecule has 6 nitrogen and oxygen atoms in total. The van der Waals surface area contributed by atoms with Gasteiger partial charge in [-0.2, -0.15) is 0 Å². The Bertz CT molecular complexity index is 616. The minimum atomic E-state index is -1.03. The van der Waals surface area contributed by atoms with E-state index >= 15 is 0 Å². The molecule has 0 amide bonds. The molecule has 2 rings (SSSR count). The monoisotopic (exact) mass is 273 g/mol. The predicted octanol–water partition coefficient (Wildman–Crippen LogP) is 1.82. The van der Waals surface area contributed by atoms with Gasteiger partial charge in [-0.15, -0.1) is 0 Å². The first-order valence-electron chi connectivity index (χ1n) is 5.99. The maximum atomic E-state index is 11.1. The fourth-order valence-corrected chi connectivity index (χ4v) is 1.91. The number of carbonyl (C=O) groups is 1. The van der Waals surface area contributed by atoms with E-state index in [9.17, 15) is 4.79 Å². The van der Waals surface area contributed by atoms with Crippen molar-refractivity contribution in [3.63, 3.8) is 0 Å². The van der Waals surface area contributed by atoms with Crippen molar-refractivity contribution in [3.8, 4) is 5.75 Å². The van der Waals surface area contributed by atoms with E-state index in [0.717, 1.165) is 11.4 Å². The third-order valence-corrected chi connectivity index (χ3v) is 2.91. The van der Waals surface area contributed by atoms with Gasteiger partial charge in [-0.3, -0.25) is 0 Å². The number of aromatic nitrogens is 2. The summed E-state index contributed by atoms with van der Waals surface area (Å²) in [5.74, 6) is -0.310. The van der Waals surface area contributed by atoms with E-state index in [1.165, 1.54) is 12.5 Å². The molecule has 6 heteroatoms. The van der Waals surface area contributed by atoms with Gasteiger partial charge in [0, 0.05) is 13.2 Å². The van der Waals surface area contributed by atoms with Gasteiger partial charge in [0.1, 0.15) is 17.6 Å². The third-order valence-electron chi connectivity index (χ3n) is 2.91. The first-order chi connectivity index (χ1) is 9.63. The molecule has 0 radical (unpaired) electrons. The summed E-state index contributed by atoms with van der Waals surface area (Å²) in [6.45, 7) is 0.352. The molecule has 0 atom stereocenters. The summed E-state index contributed by atoms with van der Waals surface area (Å²) in [7, 11) is 3.45. The van der Waals surface area contributed by atoms with Crippen molar-refractivity contribution in [3.05, 3.63) is 48.0 Å². The molecular weight excluding hydrogens is 258 g/mol. The van der Waals surface area contributed by atoms with Crippen LogP contribution in [0.2, 0.25) is 0 Å². The molecule has 104 valence electrons. The number of anilines is 1. The van der Waals surface area contributed by atoms with E-state index < -0.39 is 5.97 Å². The number of benzene rings is 1. The average molecular weight is 273 g/mol. The first kappa shape index (κ1) is 13.8. The molecule has 0 unspecified atom stereocenters. The number of methoxy groups -OCH3 is 1. The van der Waals surface area contributed by atoms with Crippen LogP contribution in [0.5, 0.6) is 5.75 Å². The molecule has 2 aromatic rings.